The predicted molar refractivity (Wildman–Crippen MR) is 111 cm³/mol. The molecule has 30 heavy (non-hydrogen) atoms. The summed E-state index contributed by atoms with van der Waals surface area (Å²) in [5, 5.41) is 20.2. The second kappa shape index (κ2) is 9.43. The number of carbonyl (C=O) groups excluding carboxylic acids is 1. The molecule has 1 N–H and O–H groups in total. The van der Waals surface area contributed by atoms with E-state index in [-0.39, 0.29) is 36.3 Å². The van der Waals surface area contributed by atoms with E-state index in [0.717, 1.165) is 16.5 Å². The van der Waals surface area contributed by atoms with Gasteiger partial charge in [-0.15, -0.1) is 0 Å². The molecule has 0 atom stereocenters. The summed E-state index contributed by atoms with van der Waals surface area (Å²) in [6, 6.07) is 11.5. The Bertz CT molecular complexity index is 1090. The summed E-state index contributed by atoms with van der Waals surface area (Å²) in [5.74, 6) is 0.163. The highest BCUT2D eigenvalue weighted by atomic mass is 16.8. The highest BCUT2D eigenvalue weighted by molar-refractivity contribution is 5.82. The van der Waals surface area contributed by atoms with Crippen LogP contribution in [0.4, 0.5) is 5.69 Å². The molecule has 0 saturated heterocycles. The van der Waals surface area contributed by atoms with Crippen molar-refractivity contribution in [2.45, 2.75) is 33.3 Å². The summed E-state index contributed by atoms with van der Waals surface area (Å²) in [6.45, 7) is 4.09. The van der Waals surface area contributed by atoms with Crippen molar-refractivity contribution in [3.63, 3.8) is 0 Å². The average molecular weight is 412 g/mol. The van der Waals surface area contributed by atoms with Crippen LogP contribution in [0.3, 0.4) is 0 Å². The van der Waals surface area contributed by atoms with Gasteiger partial charge in [0.1, 0.15) is 17.9 Å². The van der Waals surface area contributed by atoms with E-state index in [2.05, 4.69) is 0 Å². The van der Waals surface area contributed by atoms with Crippen LogP contribution in [0.15, 0.2) is 51.7 Å². The molecule has 0 radical (unpaired) electrons. The van der Waals surface area contributed by atoms with Crippen LogP contribution in [0.2, 0.25) is 0 Å². The molecule has 158 valence electrons. The summed E-state index contributed by atoms with van der Waals surface area (Å²) in [5.41, 5.74) is 2.06. The van der Waals surface area contributed by atoms with E-state index in [1.54, 1.807) is 37.3 Å². The lowest BCUT2D eigenvalue weighted by Crippen LogP contribution is -2.13. The molecule has 3 aromatic rings. The summed E-state index contributed by atoms with van der Waals surface area (Å²) >= 11 is 0. The Morgan fingerprint density at radius 1 is 1.20 bits per heavy atom. The minimum atomic E-state index is -0.483. The van der Waals surface area contributed by atoms with Gasteiger partial charge in [-0.05, 0) is 55.7 Å². The molecule has 0 aliphatic carbocycles. The minimum absolute atomic E-state index is 0.116. The lowest BCUT2D eigenvalue weighted by atomic mass is 10.0. The van der Waals surface area contributed by atoms with Gasteiger partial charge in [-0.3, -0.25) is 10.0 Å². The summed E-state index contributed by atoms with van der Waals surface area (Å²) < 4.78 is 16.1. The number of benzene rings is 2. The van der Waals surface area contributed by atoms with Gasteiger partial charge >= 0.3 is 11.6 Å². The van der Waals surface area contributed by atoms with Gasteiger partial charge in [0, 0.05) is 23.4 Å². The first-order valence-electron chi connectivity index (χ1n) is 9.49. The molecule has 0 aliphatic heterocycles. The van der Waals surface area contributed by atoms with Crippen LogP contribution in [0.25, 0.3) is 11.0 Å². The molecule has 1 aromatic heterocycles. The maximum absolute atomic E-state index is 12.4. The Balaban J connectivity index is 1.75. The molecule has 0 spiro atoms. The monoisotopic (exact) mass is 412 g/mol. The molecular weight excluding hydrogens is 390 g/mol. The first-order valence-corrected chi connectivity index (χ1v) is 9.49. The number of rotatable bonds is 8. The molecule has 1 heterocycles. The highest BCUT2D eigenvalue weighted by Crippen LogP contribution is 2.25. The van der Waals surface area contributed by atoms with Gasteiger partial charge in [0.05, 0.1) is 12.3 Å². The van der Waals surface area contributed by atoms with Crippen molar-refractivity contribution >= 4 is 22.6 Å². The number of carbonyl (C=O) groups is 1. The predicted octanol–water partition coefficient (Wildman–Crippen LogP) is 3.87. The molecular formula is C22H22NO7-. The number of nitrogens with zero attached hydrogens (tertiary/aromatic N) is 1. The second-order valence-corrected chi connectivity index (χ2v) is 6.68. The Morgan fingerprint density at radius 3 is 2.60 bits per heavy atom. The molecule has 0 saturated carbocycles. The number of esters is 1. The van der Waals surface area contributed by atoms with Crippen molar-refractivity contribution in [2.24, 2.45) is 0 Å². The van der Waals surface area contributed by atoms with Crippen LogP contribution in [0.1, 0.15) is 30.0 Å². The van der Waals surface area contributed by atoms with E-state index in [9.17, 15) is 14.8 Å². The van der Waals surface area contributed by atoms with Gasteiger partial charge in [0.15, 0.2) is 0 Å². The fourth-order valence-corrected chi connectivity index (χ4v) is 3.10. The molecule has 0 aliphatic rings. The maximum Gasteiger partial charge on any atom is 0.339 e. The molecule has 2 aromatic carbocycles. The molecule has 0 fully saturated rings. The second-order valence-electron chi connectivity index (χ2n) is 6.68. The van der Waals surface area contributed by atoms with E-state index in [0.29, 0.717) is 23.5 Å². The number of fused-ring (bicyclic) bond motifs is 1. The van der Waals surface area contributed by atoms with Crippen LogP contribution < -0.4 is 15.6 Å². The zero-order valence-corrected chi connectivity index (χ0v) is 16.7. The fourth-order valence-electron chi connectivity index (χ4n) is 3.10. The van der Waals surface area contributed by atoms with E-state index in [1.807, 2.05) is 6.92 Å². The summed E-state index contributed by atoms with van der Waals surface area (Å²) in [4.78, 5) is 24.0. The Hall–Kier alpha value is -3.36. The Morgan fingerprint density at radius 2 is 1.93 bits per heavy atom. The third kappa shape index (κ3) is 4.97. The van der Waals surface area contributed by atoms with Crippen LogP contribution in [0, 0.1) is 12.1 Å². The zero-order chi connectivity index (χ0) is 21.7. The third-order valence-corrected chi connectivity index (χ3v) is 4.71. The molecule has 0 amide bonds. The molecule has 8 nitrogen and oxygen atoms in total. The van der Waals surface area contributed by atoms with Crippen LogP contribution in [-0.4, -0.2) is 17.8 Å². The molecule has 0 unspecified atom stereocenters. The van der Waals surface area contributed by atoms with Gasteiger partial charge in [0.2, 0.25) is 0 Å². The van der Waals surface area contributed by atoms with Gasteiger partial charge in [0.25, 0.3) is 0 Å². The Kier molecular flexibility index (Phi) is 6.71. The molecule has 8 heteroatoms. The van der Waals surface area contributed by atoms with E-state index in [4.69, 9.17) is 19.1 Å². The number of ether oxygens (including phenoxy) is 2. The standard InChI is InChI=1S/C22H22NO7/c1-3-28-21(24)11-10-19-14(2)18-9-8-17(12-20(18)30-22(19)25)29-13-15-4-6-16(7-5-15)23(26)27/h4-9,12,26H,3,10-11,13H2,1-2H3/q-1. The van der Waals surface area contributed by atoms with Crippen molar-refractivity contribution in [1.82, 2.24) is 0 Å². The van der Waals surface area contributed by atoms with Crippen LogP contribution in [-0.2, 0) is 22.6 Å². The van der Waals surface area contributed by atoms with Gasteiger partial charge in [-0.1, -0.05) is 12.1 Å². The Labute approximate surface area is 172 Å². The number of hydrogen-bond acceptors (Lipinski definition) is 8. The minimum Gasteiger partial charge on any atom is -0.733 e. The molecule has 0 bridgehead atoms. The van der Waals surface area contributed by atoms with Crippen molar-refractivity contribution < 1.29 is 23.9 Å². The molecule has 3 rings (SSSR count). The first kappa shape index (κ1) is 21.4. The SMILES string of the molecule is CCOC(=O)CCc1c(C)c2ccc(OCc3ccc(N([O-])O)cc3)cc2oc1=O. The van der Waals surface area contributed by atoms with E-state index in [1.165, 1.54) is 12.1 Å². The fraction of sp³-hybridized carbons (Fsp3) is 0.273. The van der Waals surface area contributed by atoms with Crippen LogP contribution >= 0.6 is 0 Å². The van der Waals surface area contributed by atoms with Crippen molar-refractivity contribution in [3.05, 3.63) is 74.8 Å². The third-order valence-electron chi connectivity index (χ3n) is 4.71. The summed E-state index contributed by atoms with van der Waals surface area (Å²) in [7, 11) is 0. The van der Waals surface area contributed by atoms with Crippen LogP contribution in [0.5, 0.6) is 5.75 Å². The van der Waals surface area contributed by atoms with Crippen molar-refractivity contribution in [1.29, 1.82) is 0 Å². The van der Waals surface area contributed by atoms with Gasteiger partial charge in [-0.25, -0.2) is 4.79 Å². The van der Waals surface area contributed by atoms with E-state index < -0.39 is 5.63 Å². The average Bonchev–Trinajstić information content (AvgIpc) is 2.72. The lowest BCUT2D eigenvalue weighted by Gasteiger charge is -2.21. The number of hydrogen-bond donors (Lipinski definition) is 1. The maximum atomic E-state index is 12.4. The largest absolute Gasteiger partial charge is 0.733 e. The highest BCUT2D eigenvalue weighted by Gasteiger charge is 2.14. The first-order chi connectivity index (χ1) is 14.4. The number of aryl methyl sites for hydroxylation is 1. The lowest BCUT2D eigenvalue weighted by molar-refractivity contribution is -0.143. The normalized spacial score (nSPS) is 10.8. The van der Waals surface area contributed by atoms with E-state index >= 15 is 0 Å². The number of anilines is 1. The van der Waals surface area contributed by atoms with Gasteiger partial charge < -0.3 is 24.3 Å². The topological polar surface area (TPSA) is 112 Å². The summed E-state index contributed by atoms with van der Waals surface area (Å²) in [6.07, 6.45) is 0.372. The van der Waals surface area contributed by atoms with Gasteiger partial charge in [-0.2, -0.15) is 0 Å². The quantitative estimate of drug-likeness (QED) is 0.337. The smallest absolute Gasteiger partial charge is 0.339 e. The van der Waals surface area contributed by atoms with Crippen molar-refractivity contribution in [3.8, 4) is 5.75 Å². The van der Waals surface area contributed by atoms with Crippen molar-refractivity contribution in [2.75, 3.05) is 11.8 Å². The zero-order valence-electron chi connectivity index (χ0n) is 16.7.